The van der Waals surface area contributed by atoms with Crippen LogP contribution in [0.1, 0.15) is 23.6 Å². The number of amides is 1. The average molecular weight is 351 g/mol. The minimum Gasteiger partial charge on any atom is -0.454 e. The van der Waals surface area contributed by atoms with Gasteiger partial charge in [0.2, 0.25) is 12.7 Å². The predicted molar refractivity (Wildman–Crippen MR) is 91.2 cm³/mol. The van der Waals surface area contributed by atoms with E-state index in [9.17, 15) is 9.18 Å². The van der Waals surface area contributed by atoms with Gasteiger partial charge in [0.25, 0.3) is 0 Å². The lowest BCUT2D eigenvalue weighted by Gasteiger charge is -2.25. The molecule has 7 heteroatoms. The van der Waals surface area contributed by atoms with Gasteiger partial charge in [-0.3, -0.25) is 4.79 Å². The van der Waals surface area contributed by atoms with Gasteiger partial charge in [0.1, 0.15) is 12.1 Å². The van der Waals surface area contributed by atoms with E-state index in [2.05, 4.69) is 10.3 Å². The lowest BCUT2D eigenvalue weighted by atomic mass is 9.89. The summed E-state index contributed by atoms with van der Waals surface area (Å²) in [5.41, 5.74) is 2.58. The quantitative estimate of drug-likeness (QED) is 0.770. The second kappa shape index (κ2) is 5.59. The lowest BCUT2D eigenvalue weighted by molar-refractivity contribution is -0.116. The Morgan fingerprint density at radius 2 is 1.92 bits per heavy atom. The van der Waals surface area contributed by atoms with Crippen LogP contribution in [0.3, 0.4) is 0 Å². The number of hydrogen-bond donors (Lipinski definition) is 1. The number of rotatable bonds is 2. The Labute approximate surface area is 148 Å². The number of aromatic nitrogens is 2. The Hall–Kier alpha value is -3.35. The van der Waals surface area contributed by atoms with E-state index < -0.39 is 0 Å². The van der Waals surface area contributed by atoms with Gasteiger partial charge in [-0.2, -0.15) is 0 Å². The minimum atomic E-state index is -0.302. The van der Waals surface area contributed by atoms with E-state index in [1.54, 1.807) is 18.5 Å². The summed E-state index contributed by atoms with van der Waals surface area (Å²) in [4.78, 5) is 16.5. The van der Waals surface area contributed by atoms with Gasteiger partial charge in [-0.05, 0) is 42.0 Å². The molecule has 0 saturated carbocycles. The molecule has 0 bridgehead atoms. The Morgan fingerprint density at radius 1 is 1.12 bits per heavy atom. The fourth-order valence-corrected chi connectivity index (χ4v) is 3.47. The van der Waals surface area contributed by atoms with Crippen LogP contribution < -0.4 is 14.8 Å². The van der Waals surface area contributed by atoms with Crippen molar-refractivity contribution in [1.82, 2.24) is 9.55 Å². The molecule has 1 unspecified atom stereocenters. The smallest absolute Gasteiger partial charge is 0.231 e. The number of ether oxygens (including phenoxy) is 2. The lowest BCUT2D eigenvalue weighted by Crippen LogP contribution is -2.25. The Balaban J connectivity index is 1.64. The summed E-state index contributed by atoms with van der Waals surface area (Å²) in [6, 6.07) is 11.9. The highest BCUT2D eigenvalue weighted by atomic mass is 19.1. The highest BCUT2D eigenvalue weighted by Crippen LogP contribution is 2.41. The predicted octanol–water partition coefficient (Wildman–Crippen LogP) is 3.21. The number of carbonyl (C=O) groups excluding carboxylic acids is 1. The molecule has 0 fully saturated rings. The molecular formula is C19H14FN3O3. The highest BCUT2D eigenvalue weighted by molar-refractivity contribution is 5.94. The first-order chi connectivity index (χ1) is 12.7. The number of nitrogens with zero attached hydrogens (tertiary/aromatic N) is 2. The molecule has 5 rings (SSSR count). The van der Waals surface area contributed by atoms with Crippen molar-refractivity contribution in [1.29, 1.82) is 0 Å². The van der Waals surface area contributed by atoms with E-state index in [0.717, 1.165) is 16.9 Å². The maximum Gasteiger partial charge on any atom is 0.231 e. The number of carbonyl (C=O) groups is 1. The van der Waals surface area contributed by atoms with E-state index in [0.29, 0.717) is 23.7 Å². The Kier molecular flexibility index (Phi) is 3.21. The van der Waals surface area contributed by atoms with E-state index >= 15 is 0 Å². The Bertz CT molecular complexity index is 1010. The van der Waals surface area contributed by atoms with Gasteiger partial charge in [-0.1, -0.05) is 6.07 Å². The molecule has 6 nitrogen and oxygen atoms in total. The molecule has 130 valence electrons. The summed E-state index contributed by atoms with van der Waals surface area (Å²) in [6.07, 6.45) is 1.93. The topological polar surface area (TPSA) is 65.4 Å². The van der Waals surface area contributed by atoms with Gasteiger partial charge < -0.3 is 19.4 Å². The van der Waals surface area contributed by atoms with Crippen LogP contribution in [0, 0.1) is 5.82 Å². The van der Waals surface area contributed by atoms with Crippen molar-refractivity contribution in [2.75, 3.05) is 12.1 Å². The third-order valence-electron chi connectivity index (χ3n) is 4.69. The summed E-state index contributed by atoms with van der Waals surface area (Å²) in [6.45, 7) is 0.197. The van der Waals surface area contributed by atoms with E-state index in [4.69, 9.17) is 9.47 Å². The maximum atomic E-state index is 13.3. The van der Waals surface area contributed by atoms with Crippen LogP contribution >= 0.6 is 0 Å². The summed E-state index contributed by atoms with van der Waals surface area (Å²) >= 11 is 0. The van der Waals surface area contributed by atoms with Crippen molar-refractivity contribution in [3.05, 3.63) is 65.9 Å². The number of anilines is 1. The van der Waals surface area contributed by atoms with E-state index in [1.165, 1.54) is 12.1 Å². The maximum absolute atomic E-state index is 13.3. The third-order valence-corrected chi connectivity index (χ3v) is 4.69. The average Bonchev–Trinajstić information content (AvgIpc) is 3.27. The zero-order valence-electron chi connectivity index (χ0n) is 13.6. The van der Waals surface area contributed by atoms with Gasteiger partial charge in [-0.25, -0.2) is 9.37 Å². The van der Waals surface area contributed by atoms with Crippen LogP contribution in [0.25, 0.3) is 5.69 Å². The minimum absolute atomic E-state index is 0.0930. The van der Waals surface area contributed by atoms with Crippen molar-refractivity contribution < 1.29 is 18.7 Å². The second-order valence-electron chi connectivity index (χ2n) is 6.24. The van der Waals surface area contributed by atoms with Crippen molar-refractivity contribution in [3.8, 4) is 17.2 Å². The molecule has 1 atom stereocenters. The number of hydrogen-bond acceptors (Lipinski definition) is 4. The molecule has 2 aliphatic heterocycles. The molecule has 3 heterocycles. The van der Waals surface area contributed by atoms with Crippen LogP contribution in [0.2, 0.25) is 0 Å². The summed E-state index contributed by atoms with van der Waals surface area (Å²) in [5, 5.41) is 2.81. The molecule has 2 aliphatic rings. The van der Waals surface area contributed by atoms with Crippen molar-refractivity contribution in [3.63, 3.8) is 0 Å². The number of imidazole rings is 1. The van der Waals surface area contributed by atoms with Crippen LogP contribution in [0.15, 0.2) is 48.8 Å². The molecule has 26 heavy (non-hydrogen) atoms. The first kappa shape index (κ1) is 14.9. The molecule has 3 aromatic rings. The van der Waals surface area contributed by atoms with Gasteiger partial charge >= 0.3 is 0 Å². The molecule has 1 aromatic heterocycles. The van der Waals surface area contributed by atoms with Crippen LogP contribution in [0.5, 0.6) is 11.5 Å². The fraction of sp³-hybridized carbons (Fsp3) is 0.158. The first-order valence-corrected chi connectivity index (χ1v) is 8.21. The van der Waals surface area contributed by atoms with Crippen molar-refractivity contribution >= 4 is 11.7 Å². The van der Waals surface area contributed by atoms with Gasteiger partial charge in [0, 0.05) is 18.0 Å². The zero-order valence-corrected chi connectivity index (χ0v) is 13.6. The molecular weight excluding hydrogens is 337 g/mol. The molecule has 0 aliphatic carbocycles. The van der Waals surface area contributed by atoms with Gasteiger partial charge in [0.15, 0.2) is 17.3 Å². The molecule has 0 radical (unpaired) electrons. The molecule has 2 aromatic carbocycles. The van der Waals surface area contributed by atoms with Crippen LogP contribution in [-0.4, -0.2) is 22.3 Å². The molecule has 0 saturated heterocycles. The largest absolute Gasteiger partial charge is 0.454 e. The third kappa shape index (κ3) is 2.32. The first-order valence-electron chi connectivity index (χ1n) is 8.21. The summed E-state index contributed by atoms with van der Waals surface area (Å²) in [5.74, 6) is 1.30. The van der Waals surface area contributed by atoms with Crippen molar-refractivity contribution in [2.24, 2.45) is 0 Å². The second-order valence-corrected chi connectivity index (χ2v) is 6.24. The van der Waals surface area contributed by atoms with Gasteiger partial charge in [-0.15, -0.1) is 0 Å². The highest BCUT2D eigenvalue weighted by Gasteiger charge is 2.32. The van der Waals surface area contributed by atoms with Gasteiger partial charge in [0.05, 0.1) is 5.69 Å². The summed E-state index contributed by atoms with van der Waals surface area (Å²) in [7, 11) is 0. The standard InChI is InChI=1S/C19H14FN3O3/c20-12-2-4-13(5-3-12)23-9-21-19-18(23)14(8-17(24)22-19)11-1-6-15-16(7-11)26-10-25-15/h1-7,9,14H,8,10H2,(H,22,24). The number of halogens is 1. The molecule has 1 amide bonds. The summed E-state index contributed by atoms with van der Waals surface area (Å²) < 4.78 is 26.0. The van der Waals surface area contributed by atoms with Crippen molar-refractivity contribution in [2.45, 2.75) is 12.3 Å². The monoisotopic (exact) mass is 351 g/mol. The number of fused-ring (bicyclic) bond motifs is 2. The molecule has 0 spiro atoms. The number of nitrogens with one attached hydrogen (secondary N) is 1. The van der Waals surface area contributed by atoms with Crippen LogP contribution in [-0.2, 0) is 4.79 Å². The molecule has 1 N–H and O–H groups in total. The van der Waals surface area contributed by atoms with E-state index in [1.807, 2.05) is 22.8 Å². The van der Waals surface area contributed by atoms with E-state index in [-0.39, 0.29) is 24.4 Å². The Morgan fingerprint density at radius 3 is 2.77 bits per heavy atom. The zero-order chi connectivity index (χ0) is 17.7. The SMILES string of the molecule is O=C1CC(c2ccc3c(c2)OCO3)c2c(ncn2-c2ccc(F)cc2)N1. The number of benzene rings is 2. The fourth-order valence-electron chi connectivity index (χ4n) is 3.47. The van der Waals surface area contributed by atoms with Crippen LogP contribution in [0.4, 0.5) is 10.2 Å². The normalized spacial score (nSPS) is 17.7.